The maximum atomic E-state index is 12.6. The van der Waals surface area contributed by atoms with Crippen molar-refractivity contribution >= 4 is 25.8 Å². The van der Waals surface area contributed by atoms with Gasteiger partial charge in [-0.2, -0.15) is 4.31 Å². The minimum atomic E-state index is -3.52. The highest BCUT2D eigenvalue weighted by Gasteiger charge is 2.50. The molecule has 132 valence electrons. The fourth-order valence-corrected chi connectivity index (χ4v) is 6.62. The molecular weight excluding hydrogens is 354 g/mol. The summed E-state index contributed by atoms with van der Waals surface area (Å²) in [6.07, 6.45) is 4.39. The summed E-state index contributed by atoms with van der Waals surface area (Å²) in [6.45, 7) is 0.317. The Kier molecular flexibility index (Phi) is 4.39. The van der Waals surface area contributed by atoms with Gasteiger partial charge in [0.25, 0.3) is 0 Å². The minimum absolute atomic E-state index is 0.119. The van der Waals surface area contributed by atoms with Gasteiger partial charge in [0.1, 0.15) is 0 Å². The molecule has 0 N–H and O–H groups in total. The van der Waals surface area contributed by atoms with Crippen LogP contribution in [0.5, 0.6) is 0 Å². The van der Waals surface area contributed by atoms with Crippen molar-refractivity contribution in [3.05, 3.63) is 30.1 Å². The van der Waals surface area contributed by atoms with Crippen LogP contribution < -0.4 is 0 Å². The number of hydrogen-bond acceptors (Lipinski definition) is 6. The first-order chi connectivity index (χ1) is 11.2. The molecule has 0 bridgehead atoms. The van der Waals surface area contributed by atoms with Crippen molar-refractivity contribution < 1.29 is 21.6 Å². The number of carbonyl (C=O) groups excluding carboxylic acids is 1. The highest BCUT2D eigenvalue weighted by atomic mass is 32.2. The predicted octanol–water partition coefficient (Wildman–Crippen LogP) is -1.11. The third-order valence-corrected chi connectivity index (χ3v) is 7.45. The zero-order valence-electron chi connectivity index (χ0n) is 13.2. The van der Waals surface area contributed by atoms with Crippen molar-refractivity contribution in [1.29, 1.82) is 0 Å². The Balaban J connectivity index is 1.84. The summed E-state index contributed by atoms with van der Waals surface area (Å²) in [7, 11) is -6.89. The largest absolute Gasteiger partial charge is 0.335 e. The van der Waals surface area contributed by atoms with E-state index in [0.717, 1.165) is 11.8 Å². The van der Waals surface area contributed by atoms with E-state index in [0.29, 0.717) is 0 Å². The van der Waals surface area contributed by atoms with Crippen LogP contribution in [0.15, 0.2) is 24.5 Å². The van der Waals surface area contributed by atoms with Gasteiger partial charge in [-0.25, -0.2) is 16.8 Å². The van der Waals surface area contributed by atoms with Crippen LogP contribution in [0.25, 0.3) is 0 Å². The molecule has 0 unspecified atom stereocenters. The Bertz CT molecular complexity index is 838. The molecule has 0 spiro atoms. The van der Waals surface area contributed by atoms with Crippen molar-refractivity contribution in [1.82, 2.24) is 14.2 Å². The predicted molar refractivity (Wildman–Crippen MR) is 87.4 cm³/mol. The number of carbonyl (C=O) groups is 1. The van der Waals surface area contributed by atoms with E-state index in [1.165, 1.54) is 9.21 Å². The van der Waals surface area contributed by atoms with Crippen molar-refractivity contribution in [2.24, 2.45) is 0 Å². The molecule has 3 heterocycles. The van der Waals surface area contributed by atoms with Crippen LogP contribution in [0.3, 0.4) is 0 Å². The first-order valence-corrected chi connectivity index (χ1v) is 11.2. The molecular formula is C14H19N3O5S2. The number of sulfonamides is 1. The fraction of sp³-hybridized carbons (Fsp3) is 0.571. The molecule has 0 radical (unpaired) electrons. The number of rotatable bonds is 3. The number of nitrogens with zero attached hydrogens (tertiary/aromatic N) is 3. The molecule has 8 nitrogen and oxygen atoms in total. The topological polar surface area (TPSA) is 105 Å². The Morgan fingerprint density at radius 1 is 1.29 bits per heavy atom. The summed E-state index contributed by atoms with van der Waals surface area (Å²) in [4.78, 5) is 18.1. The van der Waals surface area contributed by atoms with E-state index in [-0.39, 0.29) is 36.9 Å². The number of hydrogen-bond donors (Lipinski definition) is 0. The van der Waals surface area contributed by atoms with Crippen molar-refractivity contribution in [3.63, 3.8) is 0 Å². The summed E-state index contributed by atoms with van der Waals surface area (Å²) in [6, 6.07) is 2.19. The molecule has 1 amide bonds. The van der Waals surface area contributed by atoms with Crippen molar-refractivity contribution in [3.8, 4) is 0 Å². The highest BCUT2D eigenvalue weighted by molar-refractivity contribution is 7.92. The molecule has 2 aliphatic rings. The van der Waals surface area contributed by atoms with Crippen LogP contribution in [-0.4, -0.2) is 79.9 Å². The molecule has 10 heteroatoms. The lowest BCUT2D eigenvalue weighted by Gasteiger charge is -2.42. The van der Waals surface area contributed by atoms with Crippen LogP contribution in [-0.2, 0) is 31.1 Å². The number of piperazine rings is 1. The quantitative estimate of drug-likeness (QED) is 0.666. The van der Waals surface area contributed by atoms with Gasteiger partial charge in [0, 0.05) is 25.5 Å². The summed E-state index contributed by atoms with van der Waals surface area (Å²) in [5, 5.41) is 0. The Hall–Kier alpha value is -1.52. The van der Waals surface area contributed by atoms with E-state index in [1.54, 1.807) is 24.5 Å². The van der Waals surface area contributed by atoms with E-state index in [2.05, 4.69) is 4.98 Å². The molecule has 1 aromatic rings. The van der Waals surface area contributed by atoms with Gasteiger partial charge in [0.2, 0.25) is 15.9 Å². The third-order valence-electron chi connectivity index (χ3n) is 4.45. The summed E-state index contributed by atoms with van der Waals surface area (Å²) in [5.41, 5.74) is 0.741. The van der Waals surface area contributed by atoms with E-state index < -0.39 is 31.9 Å². The number of fused-ring (bicyclic) bond motifs is 1. The molecule has 2 aliphatic heterocycles. The molecule has 2 atom stereocenters. The van der Waals surface area contributed by atoms with Gasteiger partial charge in [-0.15, -0.1) is 0 Å². The van der Waals surface area contributed by atoms with Crippen LogP contribution in [0, 0.1) is 0 Å². The van der Waals surface area contributed by atoms with Gasteiger partial charge in [-0.1, -0.05) is 6.07 Å². The highest BCUT2D eigenvalue weighted by Crippen LogP contribution is 2.29. The number of amides is 1. The molecule has 0 saturated carbocycles. The van der Waals surface area contributed by atoms with Crippen LogP contribution in [0.2, 0.25) is 0 Å². The first kappa shape index (κ1) is 17.3. The second-order valence-electron chi connectivity index (χ2n) is 6.21. The second-order valence-corrected chi connectivity index (χ2v) is 10.3. The summed E-state index contributed by atoms with van der Waals surface area (Å²) < 4.78 is 49.1. The normalized spacial score (nSPS) is 27.0. The molecule has 3 rings (SSSR count). The average Bonchev–Trinajstić information content (AvgIpc) is 2.80. The van der Waals surface area contributed by atoms with Crippen LogP contribution in [0.1, 0.15) is 5.56 Å². The SMILES string of the molecule is CS(=O)(=O)N1CCN(C(=O)Cc2cccnc2)[C@@H]2CS(=O)(=O)C[C@@H]21. The molecule has 0 aliphatic carbocycles. The fourth-order valence-electron chi connectivity index (χ4n) is 3.42. The van der Waals surface area contributed by atoms with Gasteiger partial charge < -0.3 is 4.90 Å². The minimum Gasteiger partial charge on any atom is -0.335 e. The Morgan fingerprint density at radius 2 is 2.00 bits per heavy atom. The molecule has 1 aromatic heterocycles. The van der Waals surface area contributed by atoms with Crippen LogP contribution >= 0.6 is 0 Å². The summed E-state index contributed by atoms with van der Waals surface area (Å²) >= 11 is 0. The van der Waals surface area contributed by atoms with E-state index in [4.69, 9.17) is 0 Å². The molecule has 2 fully saturated rings. The second kappa shape index (κ2) is 6.08. The lowest BCUT2D eigenvalue weighted by Crippen LogP contribution is -2.61. The molecule has 0 aromatic carbocycles. The van der Waals surface area contributed by atoms with E-state index in [1.807, 2.05) is 0 Å². The smallest absolute Gasteiger partial charge is 0.227 e. The van der Waals surface area contributed by atoms with Gasteiger partial charge in [-0.3, -0.25) is 9.78 Å². The van der Waals surface area contributed by atoms with Gasteiger partial charge in [0.05, 0.1) is 36.3 Å². The maximum Gasteiger partial charge on any atom is 0.227 e. The van der Waals surface area contributed by atoms with E-state index in [9.17, 15) is 21.6 Å². The van der Waals surface area contributed by atoms with E-state index >= 15 is 0 Å². The van der Waals surface area contributed by atoms with Gasteiger partial charge >= 0.3 is 0 Å². The zero-order valence-corrected chi connectivity index (χ0v) is 14.8. The van der Waals surface area contributed by atoms with Crippen LogP contribution in [0.4, 0.5) is 0 Å². The monoisotopic (exact) mass is 373 g/mol. The van der Waals surface area contributed by atoms with Crippen molar-refractivity contribution in [2.45, 2.75) is 18.5 Å². The standard InChI is InChI=1S/C14H19N3O5S2/c1-23(19,20)17-6-5-16(12-9-24(21,22)10-13(12)17)14(18)7-11-3-2-4-15-8-11/h2-4,8,12-13H,5-7,9-10H2,1H3/t12-,13+/m1/s1. The summed E-state index contributed by atoms with van der Waals surface area (Å²) in [5.74, 6) is -0.632. The molecule has 2 saturated heterocycles. The number of pyridine rings is 1. The van der Waals surface area contributed by atoms with Crippen molar-refractivity contribution in [2.75, 3.05) is 30.9 Å². The number of sulfone groups is 1. The number of aromatic nitrogens is 1. The zero-order chi connectivity index (χ0) is 17.5. The third kappa shape index (κ3) is 3.45. The Morgan fingerprint density at radius 3 is 2.62 bits per heavy atom. The van der Waals surface area contributed by atoms with Gasteiger partial charge in [0.15, 0.2) is 9.84 Å². The maximum absolute atomic E-state index is 12.6. The molecule has 24 heavy (non-hydrogen) atoms. The lowest BCUT2D eigenvalue weighted by atomic mass is 10.1. The first-order valence-electron chi connectivity index (χ1n) is 7.53. The Labute approximate surface area is 141 Å². The average molecular weight is 373 g/mol. The van der Waals surface area contributed by atoms with Gasteiger partial charge in [-0.05, 0) is 11.6 Å². The lowest BCUT2D eigenvalue weighted by molar-refractivity contribution is -0.135.